The van der Waals surface area contributed by atoms with E-state index in [9.17, 15) is 13.2 Å². The molecule has 170 valence electrons. The van der Waals surface area contributed by atoms with E-state index < -0.39 is 9.84 Å². The number of nitrogens with zero attached hydrogens (tertiary/aromatic N) is 3. The summed E-state index contributed by atoms with van der Waals surface area (Å²) in [6.45, 7) is 4.39. The van der Waals surface area contributed by atoms with Crippen molar-refractivity contribution >= 4 is 15.7 Å². The standard InChI is InChI=1S/C23H27N3O5S/c1-16-21(17(2)26(24-16)18-11-12-32(28,29)15-18)13-25(3)23(27)22-10-9-20(31-22)14-30-19-7-5-4-6-8-19/h4-10,18H,11-15H2,1-3H3. The van der Waals surface area contributed by atoms with E-state index >= 15 is 0 Å². The lowest BCUT2D eigenvalue weighted by Crippen LogP contribution is -2.26. The Morgan fingerprint density at radius 2 is 1.97 bits per heavy atom. The Balaban J connectivity index is 1.41. The van der Waals surface area contributed by atoms with Crippen LogP contribution in [-0.2, 0) is 23.0 Å². The summed E-state index contributed by atoms with van der Waals surface area (Å²) in [5, 5.41) is 4.57. The third kappa shape index (κ3) is 4.72. The third-order valence-electron chi connectivity index (χ3n) is 5.77. The quantitative estimate of drug-likeness (QED) is 0.540. The number of ether oxygens (including phenoxy) is 1. The molecule has 32 heavy (non-hydrogen) atoms. The third-order valence-corrected chi connectivity index (χ3v) is 7.52. The minimum absolute atomic E-state index is 0.114. The van der Waals surface area contributed by atoms with Crippen molar-refractivity contribution in [2.75, 3.05) is 18.6 Å². The number of amides is 1. The number of carbonyl (C=O) groups is 1. The van der Waals surface area contributed by atoms with E-state index in [2.05, 4.69) is 5.10 Å². The first-order valence-electron chi connectivity index (χ1n) is 10.5. The van der Waals surface area contributed by atoms with Gasteiger partial charge in [-0.25, -0.2) is 8.42 Å². The molecule has 0 bridgehead atoms. The van der Waals surface area contributed by atoms with Crippen LogP contribution in [0.25, 0.3) is 0 Å². The van der Waals surface area contributed by atoms with Gasteiger partial charge in [-0.1, -0.05) is 18.2 Å². The molecule has 3 heterocycles. The molecule has 4 rings (SSSR count). The monoisotopic (exact) mass is 457 g/mol. The fourth-order valence-electron chi connectivity index (χ4n) is 3.99. The second-order valence-electron chi connectivity index (χ2n) is 8.18. The summed E-state index contributed by atoms with van der Waals surface area (Å²) < 4.78 is 36.9. The van der Waals surface area contributed by atoms with Crippen molar-refractivity contribution < 1.29 is 22.4 Å². The van der Waals surface area contributed by atoms with Crippen molar-refractivity contribution in [2.24, 2.45) is 0 Å². The van der Waals surface area contributed by atoms with Gasteiger partial charge < -0.3 is 14.1 Å². The van der Waals surface area contributed by atoms with Crippen molar-refractivity contribution in [3.05, 3.63) is 70.9 Å². The van der Waals surface area contributed by atoms with Gasteiger partial charge in [-0.05, 0) is 44.5 Å². The number of carbonyl (C=O) groups excluding carboxylic acids is 1. The number of sulfone groups is 1. The molecule has 3 aromatic rings. The molecule has 1 aliphatic heterocycles. The first-order chi connectivity index (χ1) is 15.2. The first kappa shape index (κ1) is 22.1. The number of hydrogen-bond acceptors (Lipinski definition) is 6. The van der Waals surface area contributed by atoms with Crippen LogP contribution in [0.1, 0.15) is 45.7 Å². The van der Waals surface area contributed by atoms with Gasteiger partial charge in [0, 0.05) is 24.8 Å². The smallest absolute Gasteiger partial charge is 0.289 e. The van der Waals surface area contributed by atoms with Crippen LogP contribution < -0.4 is 4.74 Å². The minimum atomic E-state index is -3.00. The fourth-order valence-corrected chi connectivity index (χ4v) is 5.68. The van der Waals surface area contributed by atoms with Crippen molar-refractivity contribution in [3.8, 4) is 5.75 Å². The summed E-state index contributed by atoms with van der Waals surface area (Å²) in [6.07, 6.45) is 0.568. The number of benzene rings is 1. The number of hydrogen-bond donors (Lipinski definition) is 0. The van der Waals surface area contributed by atoms with Crippen molar-refractivity contribution in [1.82, 2.24) is 14.7 Å². The lowest BCUT2D eigenvalue weighted by molar-refractivity contribution is 0.0749. The van der Waals surface area contributed by atoms with Crippen LogP contribution in [0.4, 0.5) is 0 Å². The molecule has 0 radical (unpaired) electrons. The largest absolute Gasteiger partial charge is 0.486 e. The Morgan fingerprint density at radius 3 is 2.66 bits per heavy atom. The van der Waals surface area contributed by atoms with Gasteiger partial charge in [0.2, 0.25) is 0 Å². The maximum atomic E-state index is 12.9. The summed E-state index contributed by atoms with van der Waals surface area (Å²) in [7, 11) is -1.30. The number of aromatic nitrogens is 2. The molecule has 0 aliphatic carbocycles. The fraction of sp³-hybridized carbons (Fsp3) is 0.391. The highest BCUT2D eigenvalue weighted by Gasteiger charge is 2.31. The lowest BCUT2D eigenvalue weighted by atomic mass is 10.1. The topological polar surface area (TPSA) is 94.6 Å². The zero-order chi connectivity index (χ0) is 22.9. The molecule has 8 nitrogen and oxygen atoms in total. The average Bonchev–Trinajstić information content (AvgIpc) is 3.46. The minimum Gasteiger partial charge on any atom is -0.486 e. The van der Waals surface area contributed by atoms with Gasteiger partial charge in [0.1, 0.15) is 18.1 Å². The van der Waals surface area contributed by atoms with Gasteiger partial charge in [-0.15, -0.1) is 0 Å². The van der Waals surface area contributed by atoms with Crippen LogP contribution in [0.5, 0.6) is 5.75 Å². The molecular formula is C23H27N3O5S. The second-order valence-corrected chi connectivity index (χ2v) is 10.4. The Labute approximate surface area is 187 Å². The highest BCUT2D eigenvalue weighted by atomic mass is 32.2. The van der Waals surface area contributed by atoms with Gasteiger partial charge in [-0.3, -0.25) is 9.48 Å². The van der Waals surface area contributed by atoms with Crippen molar-refractivity contribution in [1.29, 1.82) is 0 Å². The highest BCUT2D eigenvalue weighted by molar-refractivity contribution is 7.91. The SMILES string of the molecule is Cc1nn(C2CCS(=O)(=O)C2)c(C)c1CN(C)C(=O)c1ccc(COc2ccccc2)o1. The van der Waals surface area contributed by atoms with E-state index in [-0.39, 0.29) is 35.8 Å². The number of para-hydroxylation sites is 1. The molecule has 2 aromatic heterocycles. The Morgan fingerprint density at radius 1 is 1.22 bits per heavy atom. The Hall–Kier alpha value is -3.07. The molecule has 1 aliphatic rings. The van der Waals surface area contributed by atoms with Gasteiger partial charge in [0.05, 0.1) is 23.2 Å². The van der Waals surface area contributed by atoms with Crippen molar-refractivity contribution in [2.45, 2.75) is 39.5 Å². The molecule has 1 atom stereocenters. The molecule has 1 amide bonds. The predicted molar refractivity (Wildman–Crippen MR) is 119 cm³/mol. The maximum Gasteiger partial charge on any atom is 0.289 e. The van der Waals surface area contributed by atoms with Gasteiger partial charge >= 0.3 is 0 Å². The van der Waals surface area contributed by atoms with E-state index in [1.54, 1.807) is 28.8 Å². The van der Waals surface area contributed by atoms with Crippen LogP contribution in [-0.4, -0.2) is 47.6 Å². The lowest BCUT2D eigenvalue weighted by Gasteiger charge is -2.17. The molecule has 0 spiro atoms. The molecule has 0 saturated carbocycles. The van der Waals surface area contributed by atoms with Crippen molar-refractivity contribution in [3.63, 3.8) is 0 Å². The maximum absolute atomic E-state index is 12.9. The Bertz CT molecular complexity index is 1210. The highest BCUT2D eigenvalue weighted by Crippen LogP contribution is 2.27. The zero-order valence-electron chi connectivity index (χ0n) is 18.4. The summed E-state index contributed by atoms with van der Waals surface area (Å²) in [5.74, 6) is 1.59. The summed E-state index contributed by atoms with van der Waals surface area (Å²) in [5.41, 5.74) is 2.60. The van der Waals surface area contributed by atoms with E-state index in [1.165, 1.54) is 0 Å². The van der Waals surface area contributed by atoms with Crippen LogP contribution in [0.3, 0.4) is 0 Å². The number of aryl methyl sites for hydroxylation is 1. The molecule has 1 unspecified atom stereocenters. The van der Waals surface area contributed by atoms with E-state index in [0.29, 0.717) is 18.7 Å². The van der Waals surface area contributed by atoms with Gasteiger partial charge in [0.15, 0.2) is 15.6 Å². The normalized spacial score (nSPS) is 17.4. The summed E-state index contributed by atoms with van der Waals surface area (Å²) in [6, 6.07) is 12.6. The summed E-state index contributed by atoms with van der Waals surface area (Å²) in [4.78, 5) is 14.5. The van der Waals surface area contributed by atoms with Crippen LogP contribution in [0.2, 0.25) is 0 Å². The van der Waals surface area contributed by atoms with E-state index in [1.807, 2.05) is 44.2 Å². The number of rotatable bonds is 7. The molecule has 1 aromatic carbocycles. The second kappa shape index (κ2) is 8.82. The Kier molecular flexibility index (Phi) is 6.10. The van der Waals surface area contributed by atoms with E-state index in [4.69, 9.17) is 9.15 Å². The number of furan rings is 1. The molecule has 0 N–H and O–H groups in total. The van der Waals surface area contributed by atoms with Gasteiger partial charge in [-0.2, -0.15) is 5.10 Å². The predicted octanol–water partition coefficient (Wildman–Crippen LogP) is 3.30. The van der Waals surface area contributed by atoms with Crippen LogP contribution in [0, 0.1) is 13.8 Å². The molecular weight excluding hydrogens is 430 g/mol. The molecule has 1 saturated heterocycles. The van der Waals surface area contributed by atoms with E-state index in [0.717, 1.165) is 22.7 Å². The first-order valence-corrected chi connectivity index (χ1v) is 12.3. The molecule has 9 heteroatoms. The van der Waals surface area contributed by atoms with Crippen LogP contribution >= 0.6 is 0 Å². The van der Waals surface area contributed by atoms with Gasteiger partial charge in [0.25, 0.3) is 5.91 Å². The molecule has 1 fully saturated rings. The summed E-state index contributed by atoms with van der Waals surface area (Å²) >= 11 is 0. The average molecular weight is 458 g/mol. The van der Waals surface area contributed by atoms with Crippen LogP contribution in [0.15, 0.2) is 46.9 Å². The zero-order valence-corrected chi connectivity index (χ0v) is 19.3.